The van der Waals surface area contributed by atoms with Crippen molar-refractivity contribution < 1.29 is 4.79 Å². The number of aldehydes is 1. The van der Waals surface area contributed by atoms with Gasteiger partial charge in [0.2, 0.25) is 0 Å². The van der Waals surface area contributed by atoms with Crippen LogP contribution in [0.1, 0.15) is 45.4 Å². The Morgan fingerprint density at radius 3 is 1.59 bits per heavy atom. The van der Waals surface area contributed by atoms with E-state index in [9.17, 15) is 4.79 Å². The Bertz CT molecular complexity index is 375. The molecule has 0 N–H and O–H groups in total. The van der Waals surface area contributed by atoms with E-state index in [-0.39, 0.29) is 0 Å². The molecule has 2 heteroatoms. The fourth-order valence-electron chi connectivity index (χ4n) is 1.65. The van der Waals surface area contributed by atoms with Gasteiger partial charge in [-0.05, 0) is 44.3 Å². The van der Waals surface area contributed by atoms with Crippen molar-refractivity contribution in [2.24, 2.45) is 0 Å². The van der Waals surface area contributed by atoms with Crippen LogP contribution in [0.25, 0.3) is 0 Å². The van der Waals surface area contributed by atoms with Crippen molar-refractivity contribution in [3.05, 3.63) is 60.8 Å². The van der Waals surface area contributed by atoms with Crippen molar-refractivity contribution >= 4 is 18.0 Å². The highest BCUT2D eigenvalue weighted by Gasteiger charge is 1.83. The summed E-state index contributed by atoms with van der Waals surface area (Å²) in [5.74, 6) is 1.65. The average Bonchev–Trinajstić information content (AvgIpc) is 2.54. The van der Waals surface area contributed by atoms with Gasteiger partial charge in [0.25, 0.3) is 0 Å². The minimum atomic E-state index is 0.616. The highest BCUT2D eigenvalue weighted by molar-refractivity contribution is 7.99. The van der Waals surface area contributed by atoms with Crippen LogP contribution in [-0.2, 0) is 4.79 Å². The molecule has 0 amide bonds. The number of hydrogen-bond acceptors (Lipinski definition) is 2. The number of rotatable bonds is 14. The molecule has 0 atom stereocenters. The molecule has 0 heterocycles. The standard InChI is InChI=1S/C20H30OS/c1-2-3-4-5-6-7-8-9-10-11-12-13-14-15-16-17-19-22-20-18-21/h3-4,6-7,9-10,12-13,15-16,18H,2,5,8,11,14,17,19-20H2,1H3/b4-3-,7-6-,10-9-,13-12-,16-15-. The minimum Gasteiger partial charge on any atom is -0.302 e. The van der Waals surface area contributed by atoms with E-state index in [2.05, 4.69) is 67.7 Å². The number of carbonyl (C=O) groups is 1. The van der Waals surface area contributed by atoms with E-state index in [1.165, 1.54) is 0 Å². The lowest BCUT2D eigenvalue weighted by Crippen LogP contribution is -1.81. The molecule has 122 valence electrons. The van der Waals surface area contributed by atoms with Crippen LogP contribution in [0.2, 0.25) is 0 Å². The van der Waals surface area contributed by atoms with E-state index in [4.69, 9.17) is 0 Å². The van der Waals surface area contributed by atoms with E-state index < -0.39 is 0 Å². The maximum atomic E-state index is 10.1. The molecule has 0 aliphatic heterocycles. The predicted octanol–water partition coefficient (Wildman–Crippen LogP) is 6.06. The molecule has 0 radical (unpaired) electrons. The van der Waals surface area contributed by atoms with Crippen LogP contribution in [0.15, 0.2) is 60.8 Å². The lowest BCUT2D eigenvalue weighted by molar-refractivity contribution is -0.105. The summed E-state index contributed by atoms with van der Waals surface area (Å²) in [4.78, 5) is 10.1. The highest BCUT2D eigenvalue weighted by Crippen LogP contribution is 2.01. The Morgan fingerprint density at radius 1 is 0.682 bits per heavy atom. The average molecular weight is 319 g/mol. The second kappa shape index (κ2) is 19.7. The Morgan fingerprint density at radius 2 is 1.14 bits per heavy atom. The molecular formula is C20H30OS. The Labute approximate surface area is 141 Å². The molecule has 0 aromatic heterocycles. The van der Waals surface area contributed by atoms with E-state index in [0.29, 0.717) is 5.75 Å². The van der Waals surface area contributed by atoms with Crippen molar-refractivity contribution in [3.8, 4) is 0 Å². The first-order valence-electron chi connectivity index (χ1n) is 8.18. The number of hydrogen-bond donors (Lipinski definition) is 0. The fraction of sp³-hybridized carbons (Fsp3) is 0.450. The minimum absolute atomic E-state index is 0.616. The molecule has 0 aliphatic carbocycles. The van der Waals surface area contributed by atoms with Crippen LogP contribution in [0.5, 0.6) is 0 Å². The van der Waals surface area contributed by atoms with Crippen LogP contribution < -0.4 is 0 Å². The van der Waals surface area contributed by atoms with E-state index in [0.717, 1.165) is 50.6 Å². The molecule has 0 saturated carbocycles. The molecule has 0 rings (SSSR count). The summed E-state index contributed by atoms with van der Waals surface area (Å²) in [5, 5.41) is 0. The maximum absolute atomic E-state index is 10.1. The smallest absolute Gasteiger partial charge is 0.129 e. The van der Waals surface area contributed by atoms with Crippen molar-refractivity contribution in [3.63, 3.8) is 0 Å². The summed E-state index contributed by atoms with van der Waals surface area (Å²) < 4.78 is 0. The monoisotopic (exact) mass is 318 g/mol. The largest absolute Gasteiger partial charge is 0.302 e. The molecule has 1 nitrogen and oxygen atoms in total. The van der Waals surface area contributed by atoms with E-state index in [1.807, 2.05) is 0 Å². The van der Waals surface area contributed by atoms with Crippen LogP contribution in [0.4, 0.5) is 0 Å². The van der Waals surface area contributed by atoms with Gasteiger partial charge >= 0.3 is 0 Å². The summed E-state index contributed by atoms with van der Waals surface area (Å²) in [6, 6.07) is 0. The van der Waals surface area contributed by atoms with Crippen LogP contribution in [-0.4, -0.2) is 17.8 Å². The molecule has 0 bridgehead atoms. The zero-order valence-corrected chi connectivity index (χ0v) is 14.6. The Kier molecular flexibility index (Phi) is 18.6. The van der Waals surface area contributed by atoms with Gasteiger partial charge in [-0.25, -0.2) is 0 Å². The van der Waals surface area contributed by atoms with Gasteiger partial charge in [-0.3, -0.25) is 0 Å². The highest BCUT2D eigenvalue weighted by atomic mass is 32.2. The van der Waals surface area contributed by atoms with Gasteiger partial charge in [0.05, 0.1) is 0 Å². The van der Waals surface area contributed by atoms with Gasteiger partial charge in [0.15, 0.2) is 0 Å². The number of carbonyl (C=O) groups excluding carboxylic acids is 1. The molecule has 0 fully saturated rings. The Balaban J connectivity index is 3.42. The summed E-state index contributed by atoms with van der Waals surface area (Å²) in [6.07, 6.45) is 29.2. The molecule has 0 spiro atoms. The predicted molar refractivity (Wildman–Crippen MR) is 102 cm³/mol. The first-order valence-corrected chi connectivity index (χ1v) is 9.33. The van der Waals surface area contributed by atoms with E-state index >= 15 is 0 Å². The van der Waals surface area contributed by atoms with Crippen LogP contribution >= 0.6 is 11.8 Å². The molecule has 0 aromatic carbocycles. The molecule has 0 saturated heterocycles. The van der Waals surface area contributed by atoms with Gasteiger partial charge in [-0.15, -0.1) is 0 Å². The SMILES string of the molecule is CC/C=C\C/C=C\C/C=C\C/C=C\C/C=C\CCSCC=O. The van der Waals surface area contributed by atoms with Gasteiger partial charge in [-0.2, -0.15) is 11.8 Å². The molecular weight excluding hydrogens is 288 g/mol. The topological polar surface area (TPSA) is 17.1 Å². The summed E-state index contributed by atoms with van der Waals surface area (Å²) >= 11 is 1.68. The maximum Gasteiger partial charge on any atom is 0.129 e. The van der Waals surface area contributed by atoms with Crippen molar-refractivity contribution in [2.45, 2.75) is 45.4 Å². The first kappa shape index (κ1) is 20.7. The summed E-state index contributed by atoms with van der Waals surface area (Å²) in [5.41, 5.74) is 0. The summed E-state index contributed by atoms with van der Waals surface area (Å²) in [7, 11) is 0. The first-order chi connectivity index (χ1) is 10.9. The van der Waals surface area contributed by atoms with Gasteiger partial charge in [0.1, 0.15) is 6.29 Å². The zero-order chi connectivity index (χ0) is 16.1. The van der Waals surface area contributed by atoms with Gasteiger partial charge < -0.3 is 4.79 Å². The van der Waals surface area contributed by atoms with Crippen LogP contribution in [0, 0.1) is 0 Å². The van der Waals surface area contributed by atoms with E-state index in [1.54, 1.807) is 11.8 Å². The quantitative estimate of drug-likeness (QED) is 0.220. The number of thioether (sulfide) groups is 1. The zero-order valence-electron chi connectivity index (χ0n) is 13.8. The lowest BCUT2D eigenvalue weighted by atomic mass is 10.2. The third-order valence-electron chi connectivity index (χ3n) is 2.77. The number of allylic oxidation sites excluding steroid dienone is 10. The summed E-state index contributed by atoms with van der Waals surface area (Å²) in [6.45, 7) is 2.15. The molecule has 0 aliphatic rings. The normalized spacial score (nSPS) is 12.8. The fourth-order valence-corrected chi connectivity index (χ4v) is 2.22. The van der Waals surface area contributed by atoms with Crippen molar-refractivity contribution in [1.82, 2.24) is 0 Å². The molecule has 0 unspecified atom stereocenters. The second-order valence-corrected chi connectivity index (χ2v) is 5.89. The van der Waals surface area contributed by atoms with Gasteiger partial charge in [0, 0.05) is 5.75 Å². The molecule has 0 aromatic rings. The second-order valence-electron chi connectivity index (χ2n) is 4.74. The lowest BCUT2D eigenvalue weighted by Gasteiger charge is -1.90. The van der Waals surface area contributed by atoms with Crippen molar-refractivity contribution in [2.75, 3.05) is 11.5 Å². The Hall–Kier alpha value is -1.28. The molecule has 22 heavy (non-hydrogen) atoms. The van der Waals surface area contributed by atoms with Crippen LogP contribution in [0.3, 0.4) is 0 Å². The third kappa shape index (κ3) is 18.7. The third-order valence-corrected chi connectivity index (χ3v) is 3.67. The van der Waals surface area contributed by atoms with Gasteiger partial charge in [-0.1, -0.05) is 67.7 Å². The van der Waals surface area contributed by atoms with Crippen molar-refractivity contribution in [1.29, 1.82) is 0 Å².